The second kappa shape index (κ2) is 4.60. The van der Waals surface area contributed by atoms with E-state index in [0.29, 0.717) is 0 Å². The molecule has 102 valence electrons. The van der Waals surface area contributed by atoms with Crippen LogP contribution < -0.4 is 0 Å². The van der Waals surface area contributed by atoms with Gasteiger partial charge in [0.25, 0.3) is 0 Å². The van der Waals surface area contributed by atoms with Gasteiger partial charge in [0.1, 0.15) is 5.54 Å². The molecule has 1 aliphatic carbocycles. The molecule has 19 heavy (non-hydrogen) atoms. The minimum Gasteiger partial charge on any atom is -0.480 e. The van der Waals surface area contributed by atoms with E-state index in [-0.39, 0.29) is 6.04 Å². The first kappa shape index (κ1) is 13.1. The van der Waals surface area contributed by atoms with Crippen LogP contribution in [-0.4, -0.2) is 28.1 Å². The van der Waals surface area contributed by atoms with Crippen molar-refractivity contribution in [2.75, 3.05) is 6.54 Å². The number of carboxylic acid groups (broad SMARTS) is 1. The topological polar surface area (TPSA) is 40.5 Å². The number of benzene rings is 1. The number of aryl methyl sites for hydroxylation is 1. The van der Waals surface area contributed by atoms with Crippen molar-refractivity contribution in [3.63, 3.8) is 0 Å². The Bertz CT molecular complexity index is 531. The zero-order valence-electron chi connectivity index (χ0n) is 11.0. The van der Waals surface area contributed by atoms with E-state index in [4.69, 9.17) is 0 Å². The standard InChI is InChI=1S/C15H18BrNO2/c1-15(14(18)19)7-2-8-17(15)13-6-3-10-9-11(16)4-5-12(10)13/h4-5,9,13H,2-3,6-8H2,1H3,(H,18,19). The van der Waals surface area contributed by atoms with Crippen LogP contribution >= 0.6 is 15.9 Å². The highest BCUT2D eigenvalue weighted by Crippen LogP contribution is 2.44. The van der Waals surface area contributed by atoms with Crippen LogP contribution in [-0.2, 0) is 11.2 Å². The number of halogens is 1. The molecule has 1 aliphatic heterocycles. The van der Waals surface area contributed by atoms with Crippen molar-refractivity contribution in [1.82, 2.24) is 4.90 Å². The smallest absolute Gasteiger partial charge is 0.323 e. The summed E-state index contributed by atoms with van der Waals surface area (Å²) in [6.45, 7) is 2.77. The lowest BCUT2D eigenvalue weighted by molar-refractivity contribution is -0.150. The number of likely N-dealkylation sites (tertiary alicyclic amines) is 1. The summed E-state index contributed by atoms with van der Waals surface area (Å²) in [4.78, 5) is 13.8. The molecular formula is C15H18BrNO2. The first-order valence-corrected chi connectivity index (χ1v) is 7.60. The highest BCUT2D eigenvalue weighted by atomic mass is 79.9. The molecule has 1 aromatic carbocycles. The molecule has 3 nitrogen and oxygen atoms in total. The molecular weight excluding hydrogens is 306 g/mol. The van der Waals surface area contributed by atoms with Crippen molar-refractivity contribution in [2.24, 2.45) is 0 Å². The molecule has 0 radical (unpaired) electrons. The normalized spacial score (nSPS) is 30.5. The van der Waals surface area contributed by atoms with Crippen LogP contribution in [0.1, 0.15) is 43.4 Å². The van der Waals surface area contributed by atoms with Crippen LogP contribution in [0.5, 0.6) is 0 Å². The van der Waals surface area contributed by atoms with Crippen molar-refractivity contribution < 1.29 is 9.90 Å². The van der Waals surface area contributed by atoms with Gasteiger partial charge in [-0.05, 0) is 62.4 Å². The molecule has 0 aromatic heterocycles. The third kappa shape index (κ3) is 2.01. The molecule has 2 atom stereocenters. The highest BCUT2D eigenvalue weighted by molar-refractivity contribution is 9.10. The molecule has 0 amide bonds. The molecule has 1 fully saturated rings. The highest BCUT2D eigenvalue weighted by Gasteiger charge is 2.47. The molecule has 4 heteroatoms. The molecule has 0 spiro atoms. The lowest BCUT2D eigenvalue weighted by Crippen LogP contribution is -2.49. The Balaban J connectivity index is 1.95. The van der Waals surface area contributed by atoms with Gasteiger partial charge in [0.15, 0.2) is 0 Å². The minimum absolute atomic E-state index is 0.270. The molecule has 0 bridgehead atoms. The maximum atomic E-state index is 11.6. The molecule has 0 saturated carbocycles. The summed E-state index contributed by atoms with van der Waals surface area (Å²) in [6.07, 6.45) is 3.82. The van der Waals surface area contributed by atoms with Gasteiger partial charge in [0.2, 0.25) is 0 Å². The fourth-order valence-electron chi connectivity index (χ4n) is 3.60. The van der Waals surface area contributed by atoms with Crippen molar-refractivity contribution in [3.05, 3.63) is 33.8 Å². The average molecular weight is 324 g/mol. The monoisotopic (exact) mass is 323 g/mol. The zero-order chi connectivity index (χ0) is 13.6. The van der Waals surface area contributed by atoms with E-state index in [1.54, 1.807) is 0 Å². The number of rotatable bonds is 2. The van der Waals surface area contributed by atoms with Gasteiger partial charge in [-0.2, -0.15) is 0 Å². The summed E-state index contributed by atoms with van der Waals surface area (Å²) in [6, 6.07) is 6.65. The van der Waals surface area contributed by atoms with Crippen LogP contribution in [0.25, 0.3) is 0 Å². The van der Waals surface area contributed by atoms with E-state index in [1.165, 1.54) is 11.1 Å². The summed E-state index contributed by atoms with van der Waals surface area (Å²) in [5, 5.41) is 9.55. The van der Waals surface area contributed by atoms with Crippen molar-refractivity contribution in [2.45, 2.75) is 44.2 Å². The quantitative estimate of drug-likeness (QED) is 0.907. The van der Waals surface area contributed by atoms with Gasteiger partial charge in [-0.15, -0.1) is 0 Å². The Morgan fingerprint density at radius 2 is 2.32 bits per heavy atom. The maximum Gasteiger partial charge on any atom is 0.323 e. The molecule has 2 aliphatic rings. The Morgan fingerprint density at radius 1 is 1.53 bits per heavy atom. The minimum atomic E-state index is -0.695. The first-order valence-electron chi connectivity index (χ1n) is 6.81. The van der Waals surface area contributed by atoms with Crippen LogP contribution in [0, 0.1) is 0 Å². The lowest BCUT2D eigenvalue weighted by atomic mass is 9.96. The van der Waals surface area contributed by atoms with Crippen molar-refractivity contribution in [3.8, 4) is 0 Å². The van der Waals surface area contributed by atoms with E-state index >= 15 is 0 Å². The van der Waals surface area contributed by atoms with Gasteiger partial charge in [-0.3, -0.25) is 9.69 Å². The van der Waals surface area contributed by atoms with Crippen LogP contribution in [0.15, 0.2) is 22.7 Å². The molecule has 2 unspecified atom stereocenters. The molecule has 1 saturated heterocycles. The van der Waals surface area contributed by atoms with E-state index < -0.39 is 11.5 Å². The number of carboxylic acids is 1. The maximum absolute atomic E-state index is 11.6. The van der Waals surface area contributed by atoms with Gasteiger partial charge in [-0.25, -0.2) is 0 Å². The molecule has 1 aromatic rings. The fourth-order valence-corrected chi connectivity index (χ4v) is 4.01. The Kier molecular flexibility index (Phi) is 3.18. The fraction of sp³-hybridized carbons (Fsp3) is 0.533. The van der Waals surface area contributed by atoms with Crippen molar-refractivity contribution in [1.29, 1.82) is 0 Å². The van der Waals surface area contributed by atoms with Crippen molar-refractivity contribution >= 4 is 21.9 Å². The summed E-state index contributed by atoms with van der Waals surface area (Å²) in [7, 11) is 0. The third-order valence-corrected chi connectivity index (χ3v) is 5.18. The van der Waals surface area contributed by atoms with Crippen LogP contribution in [0.3, 0.4) is 0 Å². The second-order valence-electron chi connectivity index (χ2n) is 5.77. The van der Waals surface area contributed by atoms with E-state index in [1.807, 2.05) is 6.92 Å². The molecule has 1 N–H and O–H groups in total. The number of fused-ring (bicyclic) bond motifs is 1. The summed E-state index contributed by atoms with van der Waals surface area (Å²) in [5.74, 6) is -0.685. The lowest BCUT2D eigenvalue weighted by Gasteiger charge is -2.36. The Labute approximate surface area is 121 Å². The average Bonchev–Trinajstić information content (AvgIpc) is 2.92. The summed E-state index contributed by atoms with van der Waals surface area (Å²) < 4.78 is 1.11. The largest absolute Gasteiger partial charge is 0.480 e. The van der Waals surface area contributed by atoms with Gasteiger partial charge in [0, 0.05) is 10.5 Å². The molecule has 3 rings (SSSR count). The van der Waals surface area contributed by atoms with Crippen LogP contribution in [0.4, 0.5) is 0 Å². The summed E-state index contributed by atoms with van der Waals surface area (Å²) >= 11 is 3.51. The number of carbonyl (C=O) groups is 1. The third-order valence-electron chi connectivity index (χ3n) is 4.68. The molecule has 1 heterocycles. The Hall–Kier alpha value is -0.870. The van der Waals surface area contributed by atoms with Gasteiger partial charge in [0.05, 0.1) is 0 Å². The predicted octanol–water partition coefficient (Wildman–Crippen LogP) is 3.38. The van der Waals surface area contributed by atoms with E-state index in [9.17, 15) is 9.90 Å². The number of aliphatic carboxylic acids is 1. The van der Waals surface area contributed by atoms with E-state index in [0.717, 1.165) is 36.7 Å². The van der Waals surface area contributed by atoms with Crippen LogP contribution in [0.2, 0.25) is 0 Å². The number of nitrogens with zero attached hydrogens (tertiary/aromatic N) is 1. The Morgan fingerprint density at radius 3 is 3.05 bits per heavy atom. The van der Waals surface area contributed by atoms with Gasteiger partial charge >= 0.3 is 5.97 Å². The van der Waals surface area contributed by atoms with Gasteiger partial charge < -0.3 is 5.11 Å². The zero-order valence-corrected chi connectivity index (χ0v) is 12.6. The predicted molar refractivity (Wildman–Crippen MR) is 77.2 cm³/mol. The SMILES string of the molecule is CC1(C(=O)O)CCCN1C1CCc2cc(Br)ccc21. The first-order chi connectivity index (χ1) is 9.02. The second-order valence-corrected chi connectivity index (χ2v) is 6.69. The summed E-state index contributed by atoms with van der Waals surface area (Å²) in [5.41, 5.74) is 1.98. The van der Waals surface area contributed by atoms with E-state index in [2.05, 4.69) is 39.0 Å². The number of hydrogen-bond acceptors (Lipinski definition) is 2. The number of hydrogen-bond donors (Lipinski definition) is 1. The van der Waals surface area contributed by atoms with Gasteiger partial charge in [-0.1, -0.05) is 22.0 Å².